The van der Waals surface area contributed by atoms with E-state index in [1.54, 1.807) is 0 Å². The summed E-state index contributed by atoms with van der Waals surface area (Å²) in [6, 6.07) is -0.698. The Morgan fingerprint density at radius 3 is 2.23 bits per heavy atom. The van der Waals surface area contributed by atoms with E-state index >= 15 is 0 Å². The lowest BCUT2D eigenvalue weighted by molar-refractivity contribution is -0.159. The smallest absolute Gasteiger partial charge is 0.280 e. The molecule has 3 aliphatic heterocycles. The summed E-state index contributed by atoms with van der Waals surface area (Å²) in [7, 11) is 0. The quantitative estimate of drug-likeness (QED) is 0.825. The van der Waals surface area contributed by atoms with Crippen LogP contribution in [0.1, 0.15) is 53.4 Å². The third-order valence-electron chi connectivity index (χ3n) is 6.24. The molecule has 4 nitrogen and oxygen atoms in total. The second-order valence-electron chi connectivity index (χ2n) is 8.13. The third kappa shape index (κ3) is 4.94. The van der Waals surface area contributed by atoms with Crippen LogP contribution in [0.5, 0.6) is 0 Å². The van der Waals surface area contributed by atoms with Crippen molar-refractivity contribution in [3.63, 3.8) is 0 Å². The summed E-state index contributed by atoms with van der Waals surface area (Å²) >= 11 is 0. The van der Waals surface area contributed by atoms with Gasteiger partial charge in [-0.1, -0.05) is 27.7 Å². The van der Waals surface area contributed by atoms with E-state index in [9.17, 15) is 13.6 Å². The van der Waals surface area contributed by atoms with Crippen molar-refractivity contribution in [1.29, 1.82) is 0 Å². The second-order valence-corrected chi connectivity index (χ2v) is 8.13. The van der Waals surface area contributed by atoms with Gasteiger partial charge in [0.15, 0.2) is 0 Å². The minimum atomic E-state index is -2.80. The monoisotopic (exact) mass is 373 g/mol. The Bertz CT molecular complexity index is 444. The molecule has 0 aromatic heterocycles. The van der Waals surface area contributed by atoms with Gasteiger partial charge in [0, 0.05) is 13.1 Å². The first-order valence-corrected chi connectivity index (χ1v) is 10.5. The zero-order valence-electron chi connectivity index (χ0n) is 16.9. The van der Waals surface area contributed by atoms with E-state index in [1.165, 1.54) is 4.90 Å². The van der Waals surface area contributed by atoms with Gasteiger partial charge < -0.3 is 10.2 Å². The van der Waals surface area contributed by atoms with Crippen LogP contribution in [-0.4, -0.2) is 66.9 Å². The number of piperidine rings is 2. The van der Waals surface area contributed by atoms with Crippen molar-refractivity contribution in [2.24, 2.45) is 17.8 Å². The predicted octanol–water partition coefficient (Wildman–Crippen LogP) is 3.23. The van der Waals surface area contributed by atoms with Crippen molar-refractivity contribution in [2.75, 3.05) is 39.3 Å². The zero-order chi connectivity index (χ0) is 19.3. The van der Waals surface area contributed by atoms with E-state index in [1.807, 2.05) is 18.7 Å². The van der Waals surface area contributed by atoms with Gasteiger partial charge in [-0.05, 0) is 57.2 Å². The number of rotatable bonds is 3. The number of nitrogens with one attached hydrogen (secondary N) is 1. The van der Waals surface area contributed by atoms with Crippen molar-refractivity contribution in [3.05, 3.63) is 0 Å². The number of carbonyl (C=O) groups excluding carboxylic acids is 1. The van der Waals surface area contributed by atoms with Crippen molar-refractivity contribution in [3.8, 4) is 0 Å². The van der Waals surface area contributed by atoms with Crippen molar-refractivity contribution >= 4 is 5.91 Å². The van der Waals surface area contributed by atoms with Gasteiger partial charge in [-0.3, -0.25) is 9.69 Å². The largest absolute Gasteiger partial charge is 0.336 e. The molecule has 26 heavy (non-hydrogen) atoms. The van der Waals surface area contributed by atoms with E-state index in [0.29, 0.717) is 31.3 Å². The molecular formula is C20H37F2N3O. The Hall–Kier alpha value is -0.750. The summed E-state index contributed by atoms with van der Waals surface area (Å²) < 4.78 is 29.5. The molecular weight excluding hydrogens is 336 g/mol. The summed E-state index contributed by atoms with van der Waals surface area (Å²) in [5.41, 5.74) is 0. The van der Waals surface area contributed by atoms with Gasteiger partial charge in [0.1, 0.15) is 0 Å². The number of hydrogen-bond acceptors (Lipinski definition) is 3. The van der Waals surface area contributed by atoms with Gasteiger partial charge in [0.2, 0.25) is 5.91 Å². The van der Waals surface area contributed by atoms with Crippen LogP contribution in [0.3, 0.4) is 0 Å². The molecule has 0 saturated carbocycles. The average molecular weight is 374 g/mol. The number of amides is 1. The molecule has 3 aliphatic rings. The van der Waals surface area contributed by atoms with Gasteiger partial charge in [-0.2, -0.15) is 0 Å². The molecule has 152 valence electrons. The standard InChI is InChI=1S/C18H31F2N3O.C2H6/c1-13(2)14-4-8-22(9-5-14)16-6-10-23(12-18(16,19)20)17(24)15-3-7-21-11-15;1-2/h13-16,21H,3-12H2,1-2H3;1-2H3/t15-,16?;/m1./s1. The van der Waals surface area contributed by atoms with E-state index in [4.69, 9.17) is 0 Å². The first-order chi connectivity index (χ1) is 12.4. The fourth-order valence-electron chi connectivity index (χ4n) is 4.59. The first kappa shape index (κ1) is 21.5. The highest BCUT2D eigenvalue weighted by Gasteiger charge is 2.49. The highest BCUT2D eigenvalue weighted by molar-refractivity contribution is 5.79. The van der Waals surface area contributed by atoms with E-state index in [0.717, 1.165) is 38.9 Å². The van der Waals surface area contributed by atoms with Crippen LogP contribution < -0.4 is 5.32 Å². The Morgan fingerprint density at radius 1 is 1.08 bits per heavy atom. The van der Waals surface area contributed by atoms with Gasteiger partial charge in [-0.15, -0.1) is 0 Å². The lowest BCUT2D eigenvalue weighted by Crippen LogP contribution is -2.61. The molecule has 1 N–H and O–H groups in total. The lowest BCUT2D eigenvalue weighted by Gasteiger charge is -2.46. The summed E-state index contributed by atoms with van der Waals surface area (Å²) in [6.45, 7) is 11.5. The van der Waals surface area contributed by atoms with Crippen LogP contribution >= 0.6 is 0 Å². The summed E-state index contributed by atoms with van der Waals surface area (Å²) in [5.74, 6) is -1.71. The maximum atomic E-state index is 14.8. The Kier molecular flexibility index (Phi) is 7.83. The van der Waals surface area contributed by atoms with Gasteiger partial charge in [0.25, 0.3) is 5.92 Å². The topological polar surface area (TPSA) is 35.6 Å². The predicted molar refractivity (Wildman–Crippen MR) is 101 cm³/mol. The van der Waals surface area contributed by atoms with Gasteiger partial charge >= 0.3 is 0 Å². The molecule has 1 amide bonds. The van der Waals surface area contributed by atoms with Crippen molar-refractivity contribution < 1.29 is 13.6 Å². The minimum Gasteiger partial charge on any atom is -0.336 e. The summed E-state index contributed by atoms with van der Waals surface area (Å²) in [5, 5.41) is 3.14. The van der Waals surface area contributed by atoms with Crippen LogP contribution in [0.2, 0.25) is 0 Å². The minimum absolute atomic E-state index is 0.0864. The lowest BCUT2D eigenvalue weighted by atomic mass is 9.85. The normalized spacial score (nSPS) is 30.2. The molecule has 3 heterocycles. The molecule has 3 fully saturated rings. The first-order valence-electron chi connectivity index (χ1n) is 10.5. The number of alkyl halides is 2. The molecule has 3 rings (SSSR count). The second kappa shape index (κ2) is 9.45. The Morgan fingerprint density at radius 2 is 1.73 bits per heavy atom. The fraction of sp³-hybridized carbons (Fsp3) is 0.950. The van der Waals surface area contributed by atoms with E-state index in [-0.39, 0.29) is 11.8 Å². The molecule has 0 aromatic rings. The van der Waals surface area contributed by atoms with Crippen molar-refractivity contribution in [2.45, 2.75) is 65.3 Å². The number of hydrogen-bond donors (Lipinski definition) is 1. The molecule has 3 saturated heterocycles. The molecule has 0 spiro atoms. The average Bonchev–Trinajstić information content (AvgIpc) is 3.16. The summed E-state index contributed by atoms with van der Waals surface area (Å²) in [6.07, 6.45) is 3.19. The molecule has 6 heteroatoms. The number of nitrogens with zero attached hydrogens (tertiary/aromatic N) is 2. The molecule has 1 unspecified atom stereocenters. The SMILES string of the molecule is CC.CC(C)C1CCN(C2CCN(C(=O)[C@@H]3CCNC3)CC2(F)F)CC1. The van der Waals surface area contributed by atoms with Crippen LogP contribution in [0.15, 0.2) is 0 Å². The Labute approximate surface area is 157 Å². The van der Waals surface area contributed by atoms with Gasteiger partial charge in [-0.25, -0.2) is 8.78 Å². The fourth-order valence-corrected chi connectivity index (χ4v) is 4.59. The Balaban J connectivity index is 0.00000117. The number of halogens is 2. The maximum Gasteiger partial charge on any atom is 0.280 e. The third-order valence-corrected chi connectivity index (χ3v) is 6.24. The van der Waals surface area contributed by atoms with E-state index < -0.39 is 18.5 Å². The molecule has 0 aliphatic carbocycles. The van der Waals surface area contributed by atoms with Crippen LogP contribution in [0.25, 0.3) is 0 Å². The highest BCUT2D eigenvalue weighted by Crippen LogP contribution is 2.35. The van der Waals surface area contributed by atoms with Crippen LogP contribution in [-0.2, 0) is 4.79 Å². The van der Waals surface area contributed by atoms with Crippen LogP contribution in [0, 0.1) is 17.8 Å². The number of carbonyl (C=O) groups is 1. The highest BCUT2D eigenvalue weighted by atomic mass is 19.3. The van der Waals surface area contributed by atoms with Gasteiger partial charge in [0.05, 0.1) is 18.5 Å². The molecule has 0 radical (unpaired) electrons. The maximum absolute atomic E-state index is 14.8. The van der Waals surface area contributed by atoms with Crippen LogP contribution in [0.4, 0.5) is 8.78 Å². The van der Waals surface area contributed by atoms with Crippen molar-refractivity contribution in [1.82, 2.24) is 15.1 Å². The number of likely N-dealkylation sites (tertiary alicyclic amines) is 2. The summed E-state index contributed by atoms with van der Waals surface area (Å²) in [4.78, 5) is 15.8. The zero-order valence-corrected chi connectivity index (χ0v) is 16.9. The molecule has 2 atom stereocenters. The van der Waals surface area contributed by atoms with E-state index in [2.05, 4.69) is 19.2 Å². The molecule has 0 aromatic carbocycles. The molecule has 0 bridgehead atoms.